The van der Waals surface area contributed by atoms with E-state index in [0.29, 0.717) is 11.6 Å². The monoisotopic (exact) mass is 328 g/mol. The van der Waals surface area contributed by atoms with E-state index < -0.39 is 11.8 Å². The molecule has 24 heavy (non-hydrogen) atoms. The van der Waals surface area contributed by atoms with Crippen molar-refractivity contribution in [2.75, 3.05) is 5.32 Å². The van der Waals surface area contributed by atoms with Crippen LogP contribution in [-0.2, 0) is 16.6 Å². The van der Waals surface area contributed by atoms with Crippen LogP contribution < -0.4 is 10.6 Å². The Hall–Kier alpha value is -2.63. The lowest BCUT2D eigenvalue weighted by Gasteiger charge is -2.22. The van der Waals surface area contributed by atoms with Gasteiger partial charge in [0.2, 0.25) is 0 Å². The highest BCUT2D eigenvalue weighted by Crippen LogP contribution is 2.24. The summed E-state index contributed by atoms with van der Waals surface area (Å²) in [6.07, 6.45) is 3.90. The van der Waals surface area contributed by atoms with Crippen LogP contribution in [-0.4, -0.2) is 21.6 Å². The van der Waals surface area contributed by atoms with Crippen LogP contribution in [0.4, 0.5) is 5.69 Å². The molecule has 0 unspecified atom stereocenters. The zero-order chi connectivity index (χ0) is 17.7. The van der Waals surface area contributed by atoms with Crippen molar-refractivity contribution in [3.05, 3.63) is 47.8 Å². The summed E-state index contributed by atoms with van der Waals surface area (Å²) in [5, 5.41) is 9.37. The average molecular weight is 328 g/mol. The fraction of sp³-hybridized carbons (Fsp3) is 0.389. The first-order valence-corrected chi connectivity index (χ1v) is 8.03. The largest absolute Gasteiger partial charge is 0.341 e. The molecule has 0 radical (unpaired) electrons. The van der Waals surface area contributed by atoms with Crippen LogP contribution in [0.2, 0.25) is 0 Å². The van der Waals surface area contributed by atoms with Crippen LogP contribution >= 0.6 is 0 Å². The van der Waals surface area contributed by atoms with Crippen LogP contribution in [0.3, 0.4) is 0 Å². The number of carbonyl (C=O) groups excluding carboxylic acids is 2. The van der Waals surface area contributed by atoms with Crippen LogP contribution in [0.1, 0.15) is 37.4 Å². The van der Waals surface area contributed by atoms with Gasteiger partial charge < -0.3 is 10.6 Å². The Labute approximate surface area is 142 Å². The molecule has 1 heterocycles. The minimum absolute atomic E-state index is 0.196. The molecule has 1 aromatic heterocycles. The molecule has 6 heteroatoms. The summed E-state index contributed by atoms with van der Waals surface area (Å²) in [6.45, 7) is 6.19. The molecule has 0 bridgehead atoms. The number of aromatic nitrogens is 2. The molecule has 6 nitrogen and oxygen atoms in total. The quantitative estimate of drug-likeness (QED) is 0.828. The summed E-state index contributed by atoms with van der Waals surface area (Å²) >= 11 is 0. The van der Waals surface area contributed by atoms with Crippen molar-refractivity contribution in [1.82, 2.24) is 15.1 Å². The maximum Gasteiger partial charge on any atom is 0.313 e. The second kappa shape index (κ2) is 7.77. The van der Waals surface area contributed by atoms with E-state index in [0.717, 1.165) is 17.5 Å². The third kappa shape index (κ3) is 4.68. The number of nitrogens with zero attached hydrogens (tertiary/aromatic N) is 2. The van der Waals surface area contributed by atoms with Crippen LogP contribution in [0, 0.1) is 12.8 Å². The zero-order valence-electron chi connectivity index (χ0n) is 14.5. The summed E-state index contributed by atoms with van der Waals surface area (Å²) < 4.78 is 1.56. The predicted octanol–water partition coefficient (Wildman–Crippen LogP) is 2.57. The molecule has 2 rings (SSSR count). The van der Waals surface area contributed by atoms with Gasteiger partial charge in [0.15, 0.2) is 0 Å². The Morgan fingerprint density at radius 2 is 1.92 bits per heavy atom. The van der Waals surface area contributed by atoms with Gasteiger partial charge in [0.1, 0.15) is 0 Å². The Bertz CT molecular complexity index is 721. The first-order valence-electron chi connectivity index (χ1n) is 8.03. The minimum Gasteiger partial charge on any atom is -0.341 e. The van der Waals surface area contributed by atoms with Gasteiger partial charge in [-0.2, -0.15) is 5.10 Å². The highest BCUT2D eigenvalue weighted by atomic mass is 16.2. The SMILES string of the molecule is Cc1ccccc1[C@@H](CC(C)C)NC(=O)C(=O)Nc1cnn(C)c1. The van der Waals surface area contributed by atoms with Gasteiger partial charge in [0, 0.05) is 13.2 Å². The Balaban J connectivity index is 2.09. The van der Waals surface area contributed by atoms with Gasteiger partial charge in [-0.3, -0.25) is 14.3 Å². The minimum atomic E-state index is -0.689. The average Bonchev–Trinajstić information content (AvgIpc) is 2.91. The van der Waals surface area contributed by atoms with E-state index in [9.17, 15) is 9.59 Å². The molecular weight excluding hydrogens is 304 g/mol. The highest BCUT2D eigenvalue weighted by molar-refractivity contribution is 6.39. The number of carbonyl (C=O) groups is 2. The smallest absolute Gasteiger partial charge is 0.313 e. The Morgan fingerprint density at radius 1 is 1.21 bits per heavy atom. The zero-order valence-corrected chi connectivity index (χ0v) is 14.5. The van der Waals surface area contributed by atoms with E-state index in [2.05, 4.69) is 29.6 Å². The summed E-state index contributed by atoms with van der Waals surface area (Å²) in [4.78, 5) is 24.4. The number of nitrogens with one attached hydrogen (secondary N) is 2. The van der Waals surface area contributed by atoms with Gasteiger partial charge in [-0.05, 0) is 30.4 Å². The molecule has 0 saturated heterocycles. The number of rotatable bonds is 5. The normalized spacial score (nSPS) is 12.0. The van der Waals surface area contributed by atoms with Crippen LogP contribution in [0.25, 0.3) is 0 Å². The molecule has 2 amide bonds. The lowest BCUT2D eigenvalue weighted by atomic mass is 9.94. The number of aryl methyl sites for hydroxylation is 2. The summed E-state index contributed by atoms with van der Waals surface area (Å²) in [5.41, 5.74) is 2.62. The van der Waals surface area contributed by atoms with Crippen LogP contribution in [0.5, 0.6) is 0 Å². The molecule has 0 spiro atoms. The van der Waals surface area contributed by atoms with Crippen LogP contribution in [0.15, 0.2) is 36.7 Å². The maximum absolute atomic E-state index is 12.3. The molecule has 0 saturated carbocycles. The topological polar surface area (TPSA) is 76.0 Å². The molecule has 128 valence electrons. The molecule has 0 aliphatic carbocycles. The number of hydrogen-bond donors (Lipinski definition) is 2. The van der Waals surface area contributed by atoms with E-state index in [1.807, 2.05) is 31.2 Å². The Morgan fingerprint density at radius 3 is 2.50 bits per heavy atom. The molecule has 0 aliphatic rings. The number of benzene rings is 1. The van der Waals surface area contributed by atoms with Gasteiger partial charge in [0.05, 0.1) is 17.9 Å². The van der Waals surface area contributed by atoms with E-state index in [-0.39, 0.29) is 6.04 Å². The first-order chi connectivity index (χ1) is 11.4. The second-order valence-electron chi connectivity index (χ2n) is 6.37. The van der Waals surface area contributed by atoms with Crippen molar-refractivity contribution in [1.29, 1.82) is 0 Å². The predicted molar refractivity (Wildman–Crippen MR) is 93.4 cm³/mol. The fourth-order valence-corrected chi connectivity index (χ4v) is 2.61. The number of hydrogen-bond acceptors (Lipinski definition) is 3. The first kappa shape index (κ1) is 17.7. The van der Waals surface area contributed by atoms with Gasteiger partial charge in [-0.25, -0.2) is 0 Å². The standard InChI is InChI=1S/C18H24N4O2/c1-12(2)9-16(15-8-6-5-7-13(15)3)21-18(24)17(23)20-14-10-19-22(4)11-14/h5-8,10-12,16H,9H2,1-4H3,(H,20,23)(H,21,24)/t16-/m1/s1. The third-order valence-corrected chi connectivity index (χ3v) is 3.75. The molecule has 1 atom stereocenters. The van der Waals surface area contributed by atoms with E-state index in [1.54, 1.807) is 17.9 Å². The summed E-state index contributed by atoms with van der Waals surface area (Å²) in [5.74, 6) is -0.950. The van der Waals surface area contributed by atoms with Crippen molar-refractivity contribution in [3.63, 3.8) is 0 Å². The lowest BCUT2D eigenvalue weighted by molar-refractivity contribution is -0.136. The molecule has 0 fully saturated rings. The van der Waals surface area contributed by atoms with Crippen molar-refractivity contribution < 1.29 is 9.59 Å². The van der Waals surface area contributed by atoms with Gasteiger partial charge >= 0.3 is 11.8 Å². The van der Waals surface area contributed by atoms with Crippen molar-refractivity contribution in [3.8, 4) is 0 Å². The van der Waals surface area contributed by atoms with E-state index >= 15 is 0 Å². The third-order valence-electron chi connectivity index (χ3n) is 3.75. The van der Waals surface area contributed by atoms with Crippen molar-refractivity contribution >= 4 is 17.5 Å². The van der Waals surface area contributed by atoms with E-state index in [4.69, 9.17) is 0 Å². The van der Waals surface area contributed by atoms with Gasteiger partial charge in [-0.1, -0.05) is 38.1 Å². The molecular formula is C18H24N4O2. The molecule has 2 N–H and O–H groups in total. The molecule has 1 aromatic carbocycles. The van der Waals surface area contributed by atoms with Gasteiger partial charge in [0.25, 0.3) is 0 Å². The number of anilines is 1. The second-order valence-corrected chi connectivity index (χ2v) is 6.37. The van der Waals surface area contributed by atoms with E-state index in [1.165, 1.54) is 6.20 Å². The molecule has 0 aliphatic heterocycles. The summed E-state index contributed by atoms with van der Waals surface area (Å²) in [6, 6.07) is 7.70. The highest BCUT2D eigenvalue weighted by Gasteiger charge is 2.22. The maximum atomic E-state index is 12.3. The Kier molecular flexibility index (Phi) is 5.73. The van der Waals surface area contributed by atoms with Crippen molar-refractivity contribution in [2.24, 2.45) is 13.0 Å². The lowest BCUT2D eigenvalue weighted by Crippen LogP contribution is -2.38. The van der Waals surface area contributed by atoms with Crippen molar-refractivity contribution in [2.45, 2.75) is 33.2 Å². The van der Waals surface area contributed by atoms with Gasteiger partial charge in [-0.15, -0.1) is 0 Å². The number of amides is 2. The molecule has 2 aromatic rings. The summed E-state index contributed by atoms with van der Waals surface area (Å²) in [7, 11) is 1.74. The fourth-order valence-electron chi connectivity index (χ4n) is 2.61.